The number of carbonyl (C=O) groups is 1. The van der Waals surface area contributed by atoms with Gasteiger partial charge in [-0.3, -0.25) is 14.2 Å². The highest BCUT2D eigenvalue weighted by molar-refractivity contribution is 5.76. The van der Waals surface area contributed by atoms with E-state index in [0.29, 0.717) is 36.1 Å². The molecule has 148 valence electrons. The standard InChI is InChI=1S/C20H24FN5O2/c1-20(2,3)10-17(27)22-7-8-26-18-16(11-24-26)19(28)25(13-23-18)12-14-5-4-6-15(21)9-14/h4-6,9,11,13H,7-8,10,12H2,1-3H3,(H,22,27). The predicted molar refractivity (Wildman–Crippen MR) is 104 cm³/mol. The predicted octanol–water partition coefficient (Wildman–Crippen LogP) is 2.33. The van der Waals surface area contributed by atoms with E-state index in [4.69, 9.17) is 0 Å². The van der Waals surface area contributed by atoms with Gasteiger partial charge in [0.25, 0.3) is 5.56 Å². The molecule has 0 fully saturated rings. The van der Waals surface area contributed by atoms with Crippen LogP contribution in [-0.4, -0.2) is 31.8 Å². The quantitative estimate of drug-likeness (QED) is 0.706. The molecule has 0 aliphatic carbocycles. The SMILES string of the molecule is CC(C)(C)CC(=O)NCCn1ncc2c(=O)n(Cc3cccc(F)c3)cnc21. The third-order valence-electron chi connectivity index (χ3n) is 4.20. The maximum Gasteiger partial charge on any atom is 0.264 e. The fourth-order valence-electron chi connectivity index (χ4n) is 2.95. The Bertz CT molecular complexity index is 1050. The lowest BCUT2D eigenvalue weighted by Gasteiger charge is -2.17. The molecule has 0 aliphatic rings. The Balaban J connectivity index is 1.70. The fourth-order valence-corrected chi connectivity index (χ4v) is 2.95. The Hall–Kier alpha value is -3.03. The third kappa shape index (κ3) is 4.82. The number of carbonyl (C=O) groups excluding carboxylic acids is 1. The molecule has 0 aliphatic heterocycles. The van der Waals surface area contributed by atoms with Crippen LogP contribution in [0.15, 0.2) is 41.6 Å². The van der Waals surface area contributed by atoms with Crippen LogP contribution in [0.25, 0.3) is 11.0 Å². The average molecular weight is 385 g/mol. The highest BCUT2D eigenvalue weighted by Gasteiger charge is 2.16. The second kappa shape index (κ2) is 7.92. The zero-order valence-corrected chi connectivity index (χ0v) is 16.3. The van der Waals surface area contributed by atoms with Crippen molar-refractivity contribution in [1.82, 2.24) is 24.6 Å². The number of amides is 1. The van der Waals surface area contributed by atoms with Gasteiger partial charge in [-0.05, 0) is 23.1 Å². The second-order valence-electron chi connectivity index (χ2n) is 8.00. The van der Waals surface area contributed by atoms with Gasteiger partial charge in [-0.25, -0.2) is 14.1 Å². The summed E-state index contributed by atoms with van der Waals surface area (Å²) in [7, 11) is 0. The summed E-state index contributed by atoms with van der Waals surface area (Å²) >= 11 is 0. The molecule has 0 bridgehead atoms. The molecule has 1 amide bonds. The molecule has 0 saturated heterocycles. The van der Waals surface area contributed by atoms with Crippen LogP contribution >= 0.6 is 0 Å². The number of benzene rings is 1. The molecule has 0 saturated carbocycles. The summed E-state index contributed by atoms with van der Waals surface area (Å²) in [4.78, 5) is 28.9. The van der Waals surface area contributed by atoms with E-state index in [2.05, 4.69) is 15.4 Å². The first-order chi connectivity index (χ1) is 13.2. The van der Waals surface area contributed by atoms with Gasteiger partial charge in [-0.2, -0.15) is 5.10 Å². The van der Waals surface area contributed by atoms with Crippen molar-refractivity contribution in [3.8, 4) is 0 Å². The van der Waals surface area contributed by atoms with E-state index in [-0.39, 0.29) is 29.2 Å². The summed E-state index contributed by atoms with van der Waals surface area (Å²) in [5.74, 6) is -0.365. The summed E-state index contributed by atoms with van der Waals surface area (Å²) in [6.07, 6.45) is 3.35. The summed E-state index contributed by atoms with van der Waals surface area (Å²) in [6.45, 7) is 7.07. The molecule has 0 unspecified atom stereocenters. The van der Waals surface area contributed by atoms with Gasteiger partial charge in [0.1, 0.15) is 17.5 Å². The highest BCUT2D eigenvalue weighted by Crippen LogP contribution is 2.17. The number of fused-ring (bicyclic) bond motifs is 1. The van der Waals surface area contributed by atoms with E-state index >= 15 is 0 Å². The summed E-state index contributed by atoms with van der Waals surface area (Å²) in [5, 5.41) is 7.47. The first-order valence-electron chi connectivity index (χ1n) is 9.15. The van der Waals surface area contributed by atoms with Crippen molar-refractivity contribution in [2.45, 2.75) is 40.3 Å². The molecule has 0 atom stereocenters. The molecule has 2 heterocycles. The number of nitrogens with zero attached hydrogens (tertiary/aromatic N) is 4. The van der Waals surface area contributed by atoms with Crippen LogP contribution in [0.3, 0.4) is 0 Å². The van der Waals surface area contributed by atoms with Crippen molar-refractivity contribution in [2.24, 2.45) is 5.41 Å². The van der Waals surface area contributed by atoms with Gasteiger partial charge in [0.2, 0.25) is 5.91 Å². The van der Waals surface area contributed by atoms with Gasteiger partial charge in [0, 0.05) is 13.0 Å². The molecule has 3 aromatic rings. The Morgan fingerprint density at radius 2 is 2.07 bits per heavy atom. The summed E-state index contributed by atoms with van der Waals surface area (Å²) in [6, 6.07) is 6.11. The molecule has 7 nitrogen and oxygen atoms in total. The van der Waals surface area contributed by atoms with Crippen LogP contribution in [-0.2, 0) is 17.9 Å². The van der Waals surface area contributed by atoms with Crippen LogP contribution in [0.2, 0.25) is 0 Å². The van der Waals surface area contributed by atoms with Crippen LogP contribution in [0.4, 0.5) is 4.39 Å². The van der Waals surface area contributed by atoms with Crippen molar-refractivity contribution < 1.29 is 9.18 Å². The molecule has 0 radical (unpaired) electrons. The van der Waals surface area contributed by atoms with Crippen LogP contribution in [0.1, 0.15) is 32.8 Å². The van der Waals surface area contributed by atoms with Gasteiger partial charge in [-0.1, -0.05) is 32.9 Å². The minimum absolute atomic E-state index is 0.0191. The molecule has 28 heavy (non-hydrogen) atoms. The molecule has 0 spiro atoms. The monoisotopic (exact) mass is 385 g/mol. The fraction of sp³-hybridized carbons (Fsp3) is 0.400. The number of halogens is 1. The van der Waals surface area contributed by atoms with Gasteiger partial charge in [0.15, 0.2) is 5.65 Å². The first-order valence-corrected chi connectivity index (χ1v) is 9.15. The lowest BCUT2D eigenvalue weighted by atomic mass is 9.92. The average Bonchev–Trinajstić information content (AvgIpc) is 3.00. The summed E-state index contributed by atoms with van der Waals surface area (Å²) in [5.41, 5.74) is 0.830. The van der Waals surface area contributed by atoms with Crippen LogP contribution < -0.4 is 10.9 Å². The van der Waals surface area contributed by atoms with E-state index < -0.39 is 0 Å². The maximum absolute atomic E-state index is 13.3. The Morgan fingerprint density at radius 3 is 2.79 bits per heavy atom. The number of nitrogens with one attached hydrogen (secondary N) is 1. The molecule has 1 N–H and O–H groups in total. The Labute approximate surface area is 162 Å². The maximum atomic E-state index is 13.3. The lowest BCUT2D eigenvalue weighted by molar-refractivity contribution is -0.122. The Morgan fingerprint density at radius 1 is 1.29 bits per heavy atom. The van der Waals surface area contributed by atoms with Gasteiger partial charge < -0.3 is 5.32 Å². The van der Waals surface area contributed by atoms with Crippen molar-refractivity contribution in [3.63, 3.8) is 0 Å². The molecule has 3 rings (SSSR count). The van der Waals surface area contributed by atoms with E-state index in [9.17, 15) is 14.0 Å². The number of hydrogen-bond donors (Lipinski definition) is 1. The molecular formula is C20H24FN5O2. The number of rotatable bonds is 6. The Kier molecular flexibility index (Phi) is 5.58. The van der Waals surface area contributed by atoms with Crippen LogP contribution in [0.5, 0.6) is 0 Å². The molecule has 1 aromatic carbocycles. The zero-order valence-electron chi connectivity index (χ0n) is 16.3. The van der Waals surface area contributed by atoms with Gasteiger partial charge in [-0.15, -0.1) is 0 Å². The minimum atomic E-state index is -0.346. The highest BCUT2D eigenvalue weighted by atomic mass is 19.1. The topological polar surface area (TPSA) is 81.8 Å². The molecule has 8 heteroatoms. The van der Waals surface area contributed by atoms with Crippen molar-refractivity contribution in [2.75, 3.05) is 6.54 Å². The van der Waals surface area contributed by atoms with E-state index in [1.165, 1.54) is 29.2 Å². The van der Waals surface area contributed by atoms with Crippen molar-refractivity contribution in [3.05, 3.63) is 58.5 Å². The molecule has 2 aromatic heterocycles. The second-order valence-corrected chi connectivity index (χ2v) is 8.00. The smallest absolute Gasteiger partial charge is 0.264 e. The first kappa shape index (κ1) is 19.7. The van der Waals surface area contributed by atoms with Gasteiger partial charge >= 0.3 is 0 Å². The van der Waals surface area contributed by atoms with E-state index in [1.807, 2.05) is 20.8 Å². The zero-order chi connectivity index (χ0) is 20.3. The normalized spacial score (nSPS) is 11.7. The third-order valence-corrected chi connectivity index (χ3v) is 4.20. The van der Waals surface area contributed by atoms with Crippen molar-refractivity contribution in [1.29, 1.82) is 0 Å². The largest absolute Gasteiger partial charge is 0.354 e. The van der Waals surface area contributed by atoms with Crippen LogP contribution in [0, 0.1) is 11.2 Å². The van der Waals surface area contributed by atoms with Crippen molar-refractivity contribution >= 4 is 16.9 Å². The molecular weight excluding hydrogens is 361 g/mol. The summed E-state index contributed by atoms with van der Waals surface area (Å²) < 4.78 is 16.4. The van der Waals surface area contributed by atoms with E-state index in [1.54, 1.807) is 16.8 Å². The lowest BCUT2D eigenvalue weighted by Crippen LogP contribution is -2.30. The number of hydrogen-bond acceptors (Lipinski definition) is 4. The van der Waals surface area contributed by atoms with E-state index in [0.717, 1.165) is 0 Å². The van der Waals surface area contributed by atoms with Gasteiger partial charge in [0.05, 0.1) is 19.3 Å². The minimum Gasteiger partial charge on any atom is -0.354 e. The number of aromatic nitrogens is 4.